The molecule has 0 atom stereocenters. The molecule has 0 fully saturated rings. The largest absolute Gasteiger partial charge is 0.455 e. The lowest BCUT2D eigenvalue weighted by Gasteiger charge is -2.09. The molecule has 0 bridgehead atoms. The molecule has 120 valence electrons. The van der Waals surface area contributed by atoms with Crippen LogP contribution in [0, 0.1) is 0 Å². The van der Waals surface area contributed by atoms with Gasteiger partial charge in [0.05, 0.1) is 10.0 Å². The maximum atomic E-state index is 12.6. The van der Waals surface area contributed by atoms with Crippen LogP contribution < -0.4 is 4.74 Å². The standard InChI is InChI=1S/C16H11BrF3NO2/c1-2-13-21-14-12(8-7-11(17)15(14)23-13)22-10-5-3-9(4-6-10)16(18,19)20/h3-8H,2H2,1H3. The second-order valence-corrected chi connectivity index (χ2v) is 5.66. The molecule has 0 saturated carbocycles. The summed E-state index contributed by atoms with van der Waals surface area (Å²) in [6, 6.07) is 7.94. The second kappa shape index (κ2) is 5.88. The van der Waals surface area contributed by atoms with Gasteiger partial charge in [-0.15, -0.1) is 0 Å². The molecular formula is C16H11BrF3NO2. The zero-order chi connectivity index (χ0) is 16.6. The molecule has 3 aromatic rings. The van der Waals surface area contributed by atoms with Gasteiger partial charge >= 0.3 is 6.18 Å². The van der Waals surface area contributed by atoms with Crippen LogP contribution in [0.1, 0.15) is 18.4 Å². The van der Waals surface area contributed by atoms with E-state index in [0.717, 1.165) is 16.6 Å². The molecular weight excluding hydrogens is 375 g/mol. The Morgan fingerprint density at radius 3 is 2.43 bits per heavy atom. The van der Waals surface area contributed by atoms with E-state index in [0.29, 0.717) is 34.9 Å². The topological polar surface area (TPSA) is 35.3 Å². The van der Waals surface area contributed by atoms with Crippen molar-refractivity contribution in [3.63, 3.8) is 0 Å². The summed E-state index contributed by atoms with van der Waals surface area (Å²) < 4.78 is 49.7. The Bertz CT molecular complexity index is 841. The van der Waals surface area contributed by atoms with Crippen LogP contribution in [0.4, 0.5) is 13.2 Å². The van der Waals surface area contributed by atoms with Crippen LogP contribution in [0.5, 0.6) is 11.5 Å². The number of aryl methyl sites for hydroxylation is 1. The summed E-state index contributed by atoms with van der Waals surface area (Å²) in [7, 11) is 0. The second-order valence-electron chi connectivity index (χ2n) is 4.81. The summed E-state index contributed by atoms with van der Waals surface area (Å²) in [6.07, 6.45) is -3.74. The number of rotatable bonds is 3. The Morgan fingerprint density at radius 2 is 1.83 bits per heavy atom. The van der Waals surface area contributed by atoms with Gasteiger partial charge in [-0.05, 0) is 52.3 Å². The molecule has 1 aromatic heterocycles. The molecule has 0 amide bonds. The summed E-state index contributed by atoms with van der Waals surface area (Å²) in [4.78, 5) is 4.34. The van der Waals surface area contributed by atoms with Gasteiger partial charge in [-0.2, -0.15) is 13.2 Å². The van der Waals surface area contributed by atoms with Crippen LogP contribution in [0.15, 0.2) is 45.3 Å². The SMILES string of the molecule is CCc1nc2c(Oc3ccc(C(F)(F)F)cc3)ccc(Br)c2o1. The molecule has 0 aliphatic carbocycles. The number of aromatic nitrogens is 1. The van der Waals surface area contributed by atoms with Crippen molar-refractivity contribution in [3.05, 3.63) is 52.3 Å². The van der Waals surface area contributed by atoms with E-state index in [1.807, 2.05) is 6.92 Å². The van der Waals surface area contributed by atoms with E-state index in [-0.39, 0.29) is 0 Å². The lowest BCUT2D eigenvalue weighted by molar-refractivity contribution is -0.137. The summed E-state index contributed by atoms with van der Waals surface area (Å²) >= 11 is 3.38. The Kier molecular flexibility index (Phi) is 4.06. The number of hydrogen-bond donors (Lipinski definition) is 0. The third-order valence-electron chi connectivity index (χ3n) is 3.21. The third-order valence-corrected chi connectivity index (χ3v) is 3.84. The van der Waals surface area contributed by atoms with Gasteiger partial charge in [0.1, 0.15) is 5.75 Å². The van der Waals surface area contributed by atoms with Gasteiger partial charge in [-0.3, -0.25) is 0 Å². The van der Waals surface area contributed by atoms with Crippen molar-refractivity contribution < 1.29 is 22.3 Å². The van der Waals surface area contributed by atoms with Crippen molar-refractivity contribution >= 4 is 27.0 Å². The smallest absolute Gasteiger partial charge is 0.416 e. The average molecular weight is 386 g/mol. The average Bonchev–Trinajstić information content (AvgIpc) is 2.95. The number of hydrogen-bond acceptors (Lipinski definition) is 3. The number of nitrogens with zero attached hydrogens (tertiary/aromatic N) is 1. The number of alkyl halides is 3. The highest BCUT2D eigenvalue weighted by atomic mass is 79.9. The molecule has 0 unspecified atom stereocenters. The summed E-state index contributed by atoms with van der Waals surface area (Å²) in [5, 5.41) is 0. The lowest BCUT2D eigenvalue weighted by atomic mass is 10.2. The fourth-order valence-electron chi connectivity index (χ4n) is 2.07. The van der Waals surface area contributed by atoms with E-state index in [9.17, 15) is 13.2 Å². The van der Waals surface area contributed by atoms with E-state index in [1.54, 1.807) is 12.1 Å². The molecule has 3 nitrogen and oxygen atoms in total. The van der Waals surface area contributed by atoms with Crippen molar-refractivity contribution in [2.24, 2.45) is 0 Å². The fourth-order valence-corrected chi connectivity index (χ4v) is 2.47. The number of ether oxygens (including phenoxy) is 1. The number of benzene rings is 2. The van der Waals surface area contributed by atoms with Crippen LogP contribution in [0.3, 0.4) is 0 Å². The Hall–Kier alpha value is -2.02. The molecule has 0 spiro atoms. The quantitative estimate of drug-likeness (QED) is 0.557. The van der Waals surface area contributed by atoms with Crippen LogP contribution in [-0.4, -0.2) is 4.98 Å². The van der Waals surface area contributed by atoms with Crippen LogP contribution in [-0.2, 0) is 12.6 Å². The first-order valence-corrected chi connectivity index (χ1v) is 7.61. The maximum absolute atomic E-state index is 12.6. The molecule has 7 heteroatoms. The minimum Gasteiger partial charge on any atom is -0.455 e. The van der Waals surface area contributed by atoms with Gasteiger partial charge in [0.2, 0.25) is 0 Å². The maximum Gasteiger partial charge on any atom is 0.416 e. The first-order valence-electron chi connectivity index (χ1n) is 6.81. The van der Waals surface area contributed by atoms with Gasteiger partial charge in [0, 0.05) is 6.42 Å². The normalized spacial score (nSPS) is 11.9. The highest BCUT2D eigenvalue weighted by molar-refractivity contribution is 9.10. The molecule has 23 heavy (non-hydrogen) atoms. The van der Waals surface area contributed by atoms with E-state index in [2.05, 4.69) is 20.9 Å². The van der Waals surface area contributed by atoms with Crippen molar-refractivity contribution in [3.8, 4) is 11.5 Å². The number of oxazole rings is 1. The van der Waals surface area contributed by atoms with Crippen molar-refractivity contribution in [2.45, 2.75) is 19.5 Å². The van der Waals surface area contributed by atoms with Gasteiger partial charge in [-0.25, -0.2) is 4.98 Å². The van der Waals surface area contributed by atoms with Gasteiger partial charge in [-0.1, -0.05) is 6.92 Å². The van der Waals surface area contributed by atoms with Crippen LogP contribution in [0.25, 0.3) is 11.1 Å². The predicted molar refractivity (Wildman–Crippen MR) is 82.6 cm³/mol. The Morgan fingerprint density at radius 1 is 1.13 bits per heavy atom. The van der Waals surface area contributed by atoms with Gasteiger partial charge in [0.15, 0.2) is 22.7 Å². The van der Waals surface area contributed by atoms with Gasteiger partial charge < -0.3 is 9.15 Å². The molecule has 2 aromatic carbocycles. The van der Waals surface area contributed by atoms with Crippen molar-refractivity contribution in [1.29, 1.82) is 0 Å². The monoisotopic (exact) mass is 385 g/mol. The molecule has 0 N–H and O–H groups in total. The van der Waals surface area contributed by atoms with E-state index in [1.165, 1.54) is 12.1 Å². The first kappa shape index (κ1) is 15.9. The minimum absolute atomic E-state index is 0.294. The zero-order valence-corrected chi connectivity index (χ0v) is 13.5. The minimum atomic E-state index is -4.37. The van der Waals surface area contributed by atoms with E-state index in [4.69, 9.17) is 9.15 Å². The Balaban J connectivity index is 1.95. The highest BCUT2D eigenvalue weighted by Gasteiger charge is 2.30. The van der Waals surface area contributed by atoms with E-state index < -0.39 is 11.7 Å². The number of fused-ring (bicyclic) bond motifs is 1. The number of halogens is 4. The zero-order valence-electron chi connectivity index (χ0n) is 11.9. The summed E-state index contributed by atoms with van der Waals surface area (Å²) in [5.74, 6) is 1.28. The molecule has 0 radical (unpaired) electrons. The molecule has 1 heterocycles. The molecule has 0 aliphatic rings. The van der Waals surface area contributed by atoms with Gasteiger partial charge in [0.25, 0.3) is 0 Å². The Labute approximate surface area is 138 Å². The van der Waals surface area contributed by atoms with E-state index >= 15 is 0 Å². The fraction of sp³-hybridized carbons (Fsp3) is 0.188. The third kappa shape index (κ3) is 3.19. The van der Waals surface area contributed by atoms with Crippen molar-refractivity contribution in [1.82, 2.24) is 4.98 Å². The molecule has 0 saturated heterocycles. The summed E-state index contributed by atoms with van der Waals surface area (Å²) in [6.45, 7) is 1.91. The summed E-state index contributed by atoms with van der Waals surface area (Å²) in [5.41, 5.74) is 0.350. The van der Waals surface area contributed by atoms with Crippen molar-refractivity contribution in [2.75, 3.05) is 0 Å². The van der Waals surface area contributed by atoms with Crippen LogP contribution in [0.2, 0.25) is 0 Å². The predicted octanol–water partition coefficient (Wildman–Crippen LogP) is 5.96. The van der Waals surface area contributed by atoms with Crippen LogP contribution >= 0.6 is 15.9 Å². The highest BCUT2D eigenvalue weighted by Crippen LogP contribution is 2.36. The first-order chi connectivity index (χ1) is 10.9. The molecule has 3 rings (SSSR count). The lowest BCUT2D eigenvalue weighted by Crippen LogP contribution is -2.04. The molecule has 0 aliphatic heterocycles.